The Kier molecular flexibility index (Phi) is 7.90. The van der Waals surface area contributed by atoms with Crippen LogP contribution in [-0.4, -0.2) is 30.6 Å². The number of amides is 2. The van der Waals surface area contributed by atoms with E-state index in [0.717, 1.165) is 5.56 Å². The lowest BCUT2D eigenvalue weighted by Gasteiger charge is -2.09. The number of carbonyl (C=O) groups excluding carboxylic acids is 3. The summed E-state index contributed by atoms with van der Waals surface area (Å²) in [5, 5.41) is 16.7. The van der Waals surface area contributed by atoms with Gasteiger partial charge in [-0.3, -0.25) is 9.59 Å². The molecule has 0 bridgehead atoms. The average molecular weight is 396 g/mol. The van der Waals surface area contributed by atoms with Crippen molar-refractivity contribution in [3.63, 3.8) is 0 Å². The van der Waals surface area contributed by atoms with Gasteiger partial charge in [0.05, 0.1) is 12.2 Å². The molecular formula is C21H22N3O5-. The number of para-hydroxylation sites is 1. The van der Waals surface area contributed by atoms with Crippen LogP contribution >= 0.6 is 0 Å². The normalized spacial score (nSPS) is 10.7. The Labute approximate surface area is 168 Å². The van der Waals surface area contributed by atoms with Gasteiger partial charge in [0, 0.05) is 12.1 Å². The standard InChI is InChI=1S/C21H23N3O5/c1-14(2)16-9-7-15(8-10-16)11-22-20(27)21(28)24-23-12-17-5-3-4-6-18(17)29-13-19(25)26/h3-10,12,14H,11,13H2,1-2H3,(H,22,27)(H,24,28)(H,25,26)/p-1/b23-12-. The number of hydrogen-bond donors (Lipinski definition) is 2. The second kappa shape index (κ2) is 10.6. The molecule has 2 amide bonds. The molecule has 2 rings (SSSR count). The number of carboxylic acids is 1. The van der Waals surface area contributed by atoms with Crippen molar-refractivity contribution in [1.29, 1.82) is 0 Å². The number of ether oxygens (including phenoxy) is 1. The molecule has 2 N–H and O–H groups in total. The van der Waals surface area contributed by atoms with E-state index in [-0.39, 0.29) is 12.3 Å². The molecule has 29 heavy (non-hydrogen) atoms. The van der Waals surface area contributed by atoms with Crippen molar-refractivity contribution in [2.45, 2.75) is 26.3 Å². The summed E-state index contributed by atoms with van der Waals surface area (Å²) < 4.78 is 5.07. The van der Waals surface area contributed by atoms with Gasteiger partial charge < -0.3 is 20.0 Å². The monoisotopic (exact) mass is 396 g/mol. The van der Waals surface area contributed by atoms with Crippen LogP contribution in [0.4, 0.5) is 0 Å². The van der Waals surface area contributed by atoms with Crippen molar-refractivity contribution in [3.8, 4) is 5.75 Å². The van der Waals surface area contributed by atoms with Crippen LogP contribution in [0.1, 0.15) is 36.5 Å². The third-order valence-corrected chi connectivity index (χ3v) is 3.94. The van der Waals surface area contributed by atoms with Crippen molar-refractivity contribution in [1.82, 2.24) is 10.7 Å². The van der Waals surface area contributed by atoms with Crippen LogP contribution < -0.4 is 20.6 Å². The Morgan fingerprint density at radius 1 is 1.07 bits per heavy atom. The van der Waals surface area contributed by atoms with Gasteiger partial charge in [-0.25, -0.2) is 5.43 Å². The van der Waals surface area contributed by atoms with Gasteiger partial charge in [0.25, 0.3) is 0 Å². The summed E-state index contributed by atoms with van der Waals surface area (Å²) in [6, 6.07) is 14.3. The van der Waals surface area contributed by atoms with Gasteiger partial charge >= 0.3 is 11.8 Å². The molecule has 2 aromatic carbocycles. The van der Waals surface area contributed by atoms with Gasteiger partial charge in [0.1, 0.15) is 12.4 Å². The molecule has 0 aliphatic rings. The zero-order chi connectivity index (χ0) is 21.2. The smallest absolute Gasteiger partial charge is 0.329 e. The fourth-order valence-corrected chi connectivity index (χ4v) is 2.35. The average Bonchev–Trinajstić information content (AvgIpc) is 2.71. The van der Waals surface area contributed by atoms with Crippen LogP contribution in [-0.2, 0) is 20.9 Å². The van der Waals surface area contributed by atoms with Crippen LogP contribution in [0.3, 0.4) is 0 Å². The summed E-state index contributed by atoms with van der Waals surface area (Å²) in [5.41, 5.74) is 4.61. The Bertz CT molecular complexity index is 891. The summed E-state index contributed by atoms with van der Waals surface area (Å²) in [7, 11) is 0. The fraction of sp³-hybridized carbons (Fsp3) is 0.238. The van der Waals surface area contributed by atoms with E-state index < -0.39 is 24.4 Å². The Morgan fingerprint density at radius 2 is 1.76 bits per heavy atom. The minimum atomic E-state index is -1.36. The van der Waals surface area contributed by atoms with Crippen LogP contribution in [0, 0.1) is 0 Å². The third-order valence-electron chi connectivity index (χ3n) is 3.94. The molecule has 8 nitrogen and oxygen atoms in total. The van der Waals surface area contributed by atoms with E-state index in [9.17, 15) is 19.5 Å². The van der Waals surface area contributed by atoms with E-state index in [4.69, 9.17) is 4.74 Å². The first-order valence-electron chi connectivity index (χ1n) is 8.98. The predicted octanol–water partition coefficient (Wildman–Crippen LogP) is 0.705. The van der Waals surface area contributed by atoms with Crippen LogP contribution in [0.2, 0.25) is 0 Å². The molecule has 2 aromatic rings. The third kappa shape index (κ3) is 7.10. The molecule has 0 aliphatic heterocycles. The summed E-state index contributed by atoms with van der Waals surface area (Å²) in [4.78, 5) is 34.2. The molecular weight excluding hydrogens is 374 g/mol. The SMILES string of the molecule is CC(C)c1ccc(CNC(=O)C(=O)N/N=C\c2ccccc2OCC(=O)[O-])cc1. The van der Waals surface area contributed by atoms with E-state index in [1.807, 2.05) is 24.3 Å². The highest BCUT2D eigenvalue weighted by Gasteiger charge is 2.12. The van der Waals surface area contributed by atoms with E-state index in [1.54, 1.807) is 24.3 Å². The summed E-state index contributed by atoms with van der Waals surface area (Å²) in [6.07, 6.45) is 1.25. The highest BCUT2D eigenvalue weighted by atomic mass is 16.5. The molecule has 0 aliphatic carbocycles. The van der Waals surface area contributed by atoms with Gasteiger partial charge in [0.15, 0.2) is 0 Å². The maximum Gasteiger partial charge on any atom is 0.329 e. The van der Waals surface area contributed by atoms with Crippen molar-refractivity contribution in [3.05, 3.63) is 65.2 Å². The minimum Gasteiger partial charge on any atom is -0.546 e. The number of nitrogens with one attached hydrogen (secondary N) is 2. The van der Waals surface area contributed by atoms with E-state index >= 15 is 0 Å². The first-order chi connectivity index (χ1) is 13.9. The highest BCUT2D eigenvalue weighted by molar-refractivity contribution is 6.35. The number of carbonyl (C=O) groups is 3. The summed E-state index contributed by atoms with van der Waals surface area (Å²) in [6.45, 7) is 3.79. The molecule has 0 spiro atoms. The number of hydrazone groups is 1. The molecule has 0 saturated heterocycles. The fourth-order valence-electron chi connectivity index (χ4n) is 2.35. The quantitative estimate of drug-likeness (QED) is 0.387. The molecule has 8 heteroatoms. The van der Waals surface area contributed by atoms with Gasteiger partial charge in [-0.15, -0.1) is 0 Å². The molecule has 0 heterocycles. The summed E-state index contributed by atoms with van der Waals surface area (Å²) >= 11 is 0. The second-order valence-corrected chi connectivity index (χ2v) is 6.48. The maximum atomic E-state index is 11.9. The van der Waals surface area contributed by atoms with Gasteiger partial charge in [0.2, 0.25) is 0 Å². The highest BCUT2D eigenvalue weighted by Crippen LogP contribution is 2.16. The lowest BCUT2D eigenvalue weighted by Crippen LogP contribution is -2.37. The van der Waals surface area contributed by atoms with E-state index in [1.165, 1.54) is 11.8 Å². The number of carboxylic acid groups (broad SMARTS) is 1. The molecule has 0 aromatic heterocycles. The van der Waals surface area contributed by atoms with Gasteiger partial charge in [-0.2, -0.15) is 5.10 Å². The van der Waals surface area contributed by atoms with Gasteiger partial charge in [-0.1, -0.05) is 50.2 Å². The number of nitrogens with zero attached hydrogens (tertiary/aromatic N) is 1. The van der Waals surface area contributed by atoms with E-state index in [0.29, 0.717) is 11.5 Å². The van der Waals surface area contributed by atoms with Crippen LogP contribution in [0.5, 0.6) is 5.75 Å². The lowest BCUT2D eigenvalue weighted by molar-refractivity contribution is -0.307. The zero-order valence-corrected chi connectivity index (χ0v) is 16.2. The molecule has 152 valence electrons. The maximum absolute atomic E-state index is 11.9. The number of hydrogen-bond acceptors (Lipinski definition) is 6. The second-order valence-electron chi connectivity index (χ2n) is 6.48. The van der Waals surface area contributed by atoms with Crippen LogP contribution in [0.25, 0.3) is 0 Å². The molecule has 0 radical (unpaired) electrons. The molecule has 0 unspecified atom stereocenters. The largest absolute Gasteiger partial charge is 0.546 e. The number of aliphatic carboxylic acids is 1. The van der Waals surface area contributed by atoms with Crippen molar-refractivity contribution in [2.24, 2.45) is 5.10 Å². The van der Waals surface area contributed by atoms with Crippen molar-refractivity contribution in [2.75, 3.05) is 6.61 Å². The number of rotatable bonds is 8. The molecule has 0 fully saturated rings. The lowest BCUT2D eigenvalue weighted by atomic mass is 10.0. The Hall–Kier alpha value is -3.68. The van der Waals surface area contributed by atoms with Gasteiger partial charge in [-0.05, 0) is 29.2 Å². The first kappa shape index (κ1) is 21.6. The number of benzene rings is 2. The van der Waals surface area contributed by atoms with Crippen LogP contribution in [0.15, 0.2) is 53.6 Å². The Morgan fingerprint density at radius 3 is 2.41 bits per heavy atom. The first-order valence-corrected chi connectivity index (χ1v) is 8.98. The molecule has 0 atom stereocenters. The Balaban J connectivity index is 1.85. The predicted molar refractivity (Wildman–Crippen MR) is 105 cm³/mol. The zero-order valence-electron chi connectivity index (χ0n) is 16.2. The van der Waals surface area contributed by atoms with Crippen molar-refractivity contribution >= 4 is 24.0 Å². The molecule has 0 saturated carbocycles. The minimum absolute atomic E-state index is 0.217. The van der Waals surface area contributed by atoms with Crippen molar-refractivity contribution < 1.29 is 24.2 Å². The summed E-state index contributed by atoms with van der Waals surface area (Å²) in [5.74, 6) is -2.44. The topological polar surface area (TPSA) is 120 Å². The van der Waals surface area contributed by atoms with E-state index in [2.05, 4.69) is 29.7 Å².